The molecule has 1 N–H and O–H groups in total. The zero-order valence-corrected chi connectivity index (χ0v) is 19.1. The highest BCUT2D eigenvalue weighted by molar-refractivity contribution is 7.89. The summed E-state index contributed by atoms with van der Waals surface area (Å²) in [5, 5.41) is 2.80. The standard InChI is InChI=1S/C23H29N3O4S/c1-23(2,3)26-16-18(14-21(26)27)22(28)24-19-10-12-20(13-11-19)31(29,30)25(4)15-17-8-6-5-7-9-17/h5-13,18H,14-16H2,1-4H3,(H,24,28)/t18-/m0/s1. The molecule has 2 aromatic rings. The molecule has 0 bridgehead atoms. The average Bonchev–Trinajstić information content (AvgIpc) is 3.11. The van der Waals surface area contributed by atoms with Crippen molar-refractivity contribution >= 4 is 27.5 Å². The lowest BCUT2D eigenvalue weighted by molar-refractivity contribution is -0.131. The van der Waals surface area contributed by atoms with Crippen molar-refractivity contribution in [3.05, 3.63) is 60.2 Å². The molecular formula is C23H29N3O4S. The number of amides is 2. The fraction of sp³-hybridized carbons (Fsp3) is 0.391. The van der Waals surface area contributed by atoms with E-state index in [4.69, 9.17) is 0 Å². The number of carbonyl (C=O) groups is 2. The van der Waals surface area contributed by atoms with Crippen LogP contribution in [0.5, 0.6) is 0 Å². The van der Waals surface area contributed by atoms with Crippen molar-refractivity contribution in [3.63, 3.8) is 0 Å². The van der Waals surface area contributed by atoms with E-state index in [2.05, 4.69) is 5.32 Å². The van der Waals surface area contributed by atoms with E-state index in [-0.39, 0.29) is 35.2 Å². The molecule has 31 heavy (non-hydrogen) atoms. The summed E-state index contributed by atoms with van der Waals surface area (Å²) in [6.07, 6.45) is 0.180. The Hall–Kier alpha value is -2.71. The summed E-state index contributed by atoms with van der Waals surface area (Å²) in [5.41, 5.74) is 1.07. The van der Waals surface area contributed by atoms with Crippen LogP contribution < -0.4 is 5.32 Å². The first-order chi connectivity index (χ1) is 14.5. The molecule has 2 amide bonds. The summed E-state index contributed by atoms with van der Waals surface area (Å²) in [6.45, 7) is 6.48. The minimum absolute atomic E-state index is 0.0319. The van der Waals surface area contributed by atoms with Gasteiger partial charge in [-0.3, -0.25) is 9.59 Å². The zero-order valence-electron chi connectivity index (χ0n) is 18.3. The molecule has 8 heteroatoms. The largest absolute Gasteiger partial charge is 0.337 e. The van der Waals surface area contributed by atoms with Crippen molar-refractivity contribution < 1.29 is 18.0 Å². The molecule has 2 aromatic carbocycles. The molecule has 0 aliphatic carbocycles. The fourth-order valence-corrected chi connectivity index (χ4v) is 4.75. The topological polar surface area (TPSA) is 86.8 Å². The van der Waals surface area contributed by atoms with Gasteiger partial charge in [0.15, 0.2) is 0 Å². The number of nitrogens with zero attached hydrogens (tertiary/aromatic N) is 2. The van der Waals surface area contributed by atoms with Gasteiger partial charge in [0.1, 0.15) is 0 Å². The number of benzene rings is 2. The Morgan fingerprint density at radius 3 is 2.26 bits per heavy atom. The monoisotopic (exact) mass is 443 g/mol. The Balaban J connectivity index is 1.65. The predicted octanol–water partition coefficient (Wildman–Crippen LogP) is 3.09. The molecule has 0 unspecified atom stereocenters. The fourth-order valence-electron chi connectivity index (χ4n) is 3.59. The van der Waals surface area contributed by atoms with Crippen LogP contribution in [-0.4, -0.2) is 48.6 Å². The first kappa shape index (κ1) is 23.0. The van der Waals surface area contributed by atoms with Crippen LogP contribution in [0.25, 0.3) is 0 Å². The Morgan fingerprint density at radius 1 is 1.10 bits per heavy atom. The van der Waals surface area contributed by atoms with Crippen LogP contribution in [0.4, 0.5) is 5.69 Å². The number of nitrogens with one attached hydrogen (secondary N) is 1. The second-order valence-electron chi connectivity index (χ2n) is 8.84. The molecule has 0 aromatic heterocycles. The smallest absolute Gasteiger partial charge is 0.243 e. The van der Waals surface area contributed by atoms with Gasteiger partial charge in [0.05, 0.1) is 10.8 Å². The van der Waals surface area contributed by atoms with Crippen molar-refractivity contribution in [2.75, 3.05) is 18.9 Å². The van der Waals surface area contributed by atoms with Gasteiger partial charge in [-0.2, -0.15) is 4.31 Å². The van der Waals surface area contributed by atoms with Gasteiger partial charge < -0.3 is 10.2 Å². The maximum absolute atomic E-state index is 12.8. The van der Waals surface area contributed by atoms with Gasteiger partial charge in [-0.05, 0) is 50.6 Å². The van der Waals surface area contributed by atoms with Gasteiger partial charge in [0, 0.05) is 37.8 Å². The highest BCUT2D eigenvalue weighted by Gasteiger charge is 2.39. The van der Waals surface area contributed by atoms with E-state index >= 15 is 0 Å². The maximum Gasteiger partial charge on any atom is 0.243 e. The summed E-state index contributed by atoms with van der Waals surface area (Å²) in [4.78, 5) is 26.7. The van der Waals surface area contributed by atoms with E-state index in [0.29, 0.717) is 12.2 Å². The highest BCUT2D eigenvalue weighted by Crippen LogP contribution is 2.27. The molecule has 3 rings (SSSR count). The Kier molecular flexibility index (Phi) is 6.52. The lowest BCUT2D eigenvalue weighted by Gasteiger charge is -2.31. The number of sulfonamides is 1. The Morgan fingerprint density at radius 2 is 1.71 bits per heavy atom. The van der Waals surface area contributed by atoms with Gasteiger partial charge in [-0.15, -0.1) is 0 Å². The minimum atomic E-state index is -3.66. The van der Waals surface area contributed by atoms with Crippen molar-refractivity contribution in [3.8, 4) is 0 Å². The average molecular weight is 444 g/mol. The van der Waals surface area contributed by atoms with Crippen molar-refractivity contribution in [1.29, 1.82) is 0 Å². The van der Waals surface area contributed by atoms with Gasteiger partial charge in [0.2, 0.25) is 21.8 Å². The van der Waals surface area contributed by atoms with Gasteiger partial charge in [-0.25, -0.2) is 8.42 Å². The van der Waals surface area contributed by atoms with Gasteiger partial charge in [0.25, 0.3) is 0 Å². The number of likely N-dealkylation sites (tertiary alicyclic amines) is 1. The summed E-state index contributed by atoms with van der Waals surface area (Å²) < 4.78 is 27.0. The van der Waals surface area contributed by atoms with E-state index in [0.717, 1.165) is 5.56 Å². The number of hydrogen-bond donors (Lipinski definition) is 1. The summed E-state index contributed by atoms with van der Waals surface area (Å²) >= 11 is 0. The van der Waals surface area contributed by atoms with Gasteiger partial charge >= 0.3 is 0 Å². The van der Waals surface area contributed by atoms with E-state index in [1.54, 1.807) is 17.0 Å². The number of anilines is 1. The minimum Gasteiger partial charge on any atom is -0.337 e. The van der Waals surface area contributed by atoms with Crippen LogP contribution in [0, 0.1) is 5.92 Å². The molecule has 1 heterocycles. The van der Waals surface area contributed by atoms with E-state index in [1.165, 1.54) is 23.5 Å². The Bertz CT molecular complexity index is 1040. The lowest BCUT2D eigenvalue weighted by Crippen LogP contribution is -2.42. The molecule has 1 fully saturated rings. The van der Waals surface area contributed by atoms with Gasteiger partial charge in [-0.1, -0.05) is 30.3 Å². The van der Waals surface area contributed by atoms with E-state index < -0.39 is 15.9 Å². The molecule has 0 spiro atoms. The molecule has 1 saturated heterocycles. The third-order valence-corrected chi connectivity index (χ3v) is 7.20. The zero-order chi connectivity index (χ0) is 22.8. The second-order valence-corrected chi connectivity index (χ2v) is 10.9. The molecular weight excluding hydrogens is 414 g/mol. The summed E-state index contributed by atoms with van der Waals surface area (Å²) in [7, 11) is -2.12. The van der Waals surface area contributed by atoms with Crippen LogP contribution in [0.3, 0.4) is 0 Å². The summed E-state index contributed by atoms with van der Waals surface area (Å²) in [6, 6.07) is 15.5. The van der Waals surface area contributed by atoms with Crippen LogP contribution in [-0.2, 0) is 26.2 Å². The number of hydrogen-bond acceptors (Lipinski definition) is 4. The van der Waals surface area contributed by atoms with Crippen molar-refractivity contribution in [2.45, 2.75) is 44.2 Å². The van der Waals surface area contributed by atoms with Crippen LogP contribution in [0.2, 0.25) is 0 Å². The van der Waals surface area contributed by atoms with E-state index in [9.17, 15) is 18.0 Å². The Labute approximate surface area is 184 Å². The normalized spacial score (nSPS) is 17.3. The summed E-state index contributed by atoms with van der Waals surface area (Å²) in [5.74, 6) is -0.695. The molecule has 7 nitrogen and oxygen atoms in total. The van der Waals surface area contributed by atoms with E-state index in [1.807, 2.05) is 51.1 Å². The number of rotatable bonds is 6. The predicted molar refractivity (Wildman–Crippen MR) is 120 cm³/mol. The SMILES string of the molecule is CN(Cc1ccccc1)S(=O)(=O)c1ccc(NC(=O)[C@H]2CC(=O)N(C(C)(C)C)C2)cc1. The van der Waals surface area contributed by atoms with Crippen LogP contribution in [0.15, 0.2) is 59.5 Å². The quantitative estimate of drug-likeness (QED) is 0.743. The van der Waals surface area contributed by atoms with Crippen LogP contribution in [0.1, 0.15) is 32.8 Å². The lowest BCUT2D eigenvalue weighted by atomic mass is 10.1. The van der Waals surface area contributed by atoms with Crippen molar-refractivity contribution in [1.82, 2.24) is 9.21 Å². The van der Waals surface area contributed by atoms with Crippen LogP contribution >= 0.6 is 0 Å². The van der Waals surface area contributed by atoms with Crippen molar-refractivity contribution in [2.24, 2.45) is 5.92 Å². The molecule has 1 aliphatic heterocycles. The molecule has 0 radical (unpaired) electrons. The third-order valence-electron chi connectivity index (χ3n) is 5.38. The first-order valence-electron chi connectivity index (χ1n) is 10.2. The maximum atomic E-state index is 12.8. The molecule has 1 aliphatic rings. The number of carbonyl (C=O) groups excluding carboxylic acids is 2. The highest BCUT2D eigenvalue weighted by atomic mass is 32.2. The first-order valence-corrected chi connectivity index (χ1v) is 11.6. The molecule has 0 saturated carbocycles. The third kappa shape index (κ3) is 5.32. The second kappa shape index (κ2) is 8.80. The molecule has 166 valence electrons. The molecule has 1 atom stereocenters.